The molecule has 0 radical (unpaired) electrons. The number of carbonyl (C=O) groups excluding carboxylic acids is 2. The molecule has 0 spiro atoms. The number of nitrogens with two attached hydrogens (primary N) is 1. The maximum absolute atomic E-state index is 12.0. The molecule has 0 saturated carbocycles. The van der Waals surface area contributed by atoms with E-state index in [0.717, 1.165) is 5.01 Å². The summed E-state index contributed by atoms with van der Waals surface area (Å²) in [4.78, 5) is 27.6. The van der Waals surface area contributed by atoms with Crippen molar-refractivity contribution in [1.82, 2.24) is 10.3 Å². The molecule has 0 aliphatic carbocycles. The smallest absolute Gasteiger partial charge is 0.275 e. The largest absolute Gasteiger partial charge is 0.355 e. The molecular weight excluding hydrogens is 288 g/mol. The van der Waals surface area contributed by atoms with Crippen LogP contribution < -0.4 is 16.4 Å². The molecule has 2 aromatic rings. The molecule has 1 unspecified atom stereocenters. The van der Waals surface area contributed by atoms with Gasteiger partial charge in [0.25, 0.3) is 11.8 Å². The van der Waals surface area contributed by atoms with E-state index in [2.05, 4.69) is 15.6 Å². The first kappa shape index (κ1) is 15.1. The van der Waals surface area contributed by atoms with Crippen molar-refractivity contribution < 1.29 is 9.59 Å². The zero-order valence-corrected chi connectivity index (χ0v) is 12.5. The minimum absolute atomic E-state index is 0.172. The number of anilines is 1. The molecule has 2 amide bonds. The van der Waals surface area contributed by atoms with Crippen molar-refractivity contribution in [2.75, 3.05) is 12.4 Å². The molecule has 2 rings (SSSR count). The van der Waals surface area contributed by atoms with Crippen LogP contribution in [0.4, 0.5) is 5.69 Å². The van der Waals surface area contributed by atoms with Gasteiger partial charge in [0, 0.05) is 23.7 Å². The minimum Gasteiger partial charge on any atom is -0.355 e. The lowest BCUT2D eigenvalue weighted by Crippen LogP contribution is -2.18. The third kappa shape index (κ3) is 3.65. The highest BCUT2D eigenvalue weighted by Crippen LogP contribution is 2.17. The summed E-state index contributed by atoms with van der Waals surface area (Å²) in [6.45, 7) is 1.82. The number of benzene rings is 1. The second kappa shape index (κ2) is 6.47. The van der Waals surface area contributed by atoms with Gasteiger partial charge in [-0.2, -0.15) is 0 Å². The highest BCUT2D eigenvalue weighted by atomic mass is 32.1. The van der Waals surface area contributed by atoms with Crippen LogP contribution in [0, 0.1) is 0 Å². The first-order valence-corrected chi connectivity index (χ1v) is 7.23. The Morgan fingerprint density at radius 3 is 2.43 bits per heavy atom. The predicted octanol–water partition coefficient (Wildman–Crippen LogP) is 1.77. The number of nitrogens with one attached hydrogen (secondary N) is 2. The topological polar surface area (TPSA) is 97.1 Å². The second-order valence-corrected chi connectivity index (χ2v) is 5.36. The summed E-state index contributed by atoms with van der Waals surface area (Å²) in [6, 6.07) is 6.43. The Morgan fingerprint density at radius 1 is 1.24 bits per heavy atom. The Kier molecular flexibility index (Phi) is 4.66. The van der Waals surface area contributed by atoms with E-state index in [1.807, 2.05) is 6.92 Å². The van der Waals surface area contributed by atoms with Crippen molar-refractivity contribution in [2.24, 2.45) is 5.73 Å². The van der Waals surface area contributed by atoms with E-state index in [1.165, 1.54) is 11.3 Å². The van der Waals surface area contributed by atoms with Gasteiger partial charge in [-0.25, -0.2) is 4.98 Å². The maximum Gasteiger partial charge on any atom is 0.275 e. The Hall–Kier alpha value is -2.25. The summed E-state index contributed by atoms with van der Waals surface area (Å²) in [5.41, 5.74) is 7.18. The number of carbonyl (C=O) groups is 2. The number of amides is 2. The number of nitrogens with zero attached hydrogens (tertiary/aromatic N) is 1. The SMILES string of the molecule is CNC(=O)c1ccc(NC(=O)c2csc(C(C)N)n2)cc1. The average Bonchev–Trinajstić information content (AvgIpc) is 2.97. The fraction of sp³-hybridized carbons (Fsp3) is 0.214. The summed E-state index contributed by atoms with van der Waals surface area (Å²) in [6.07, 6.45) is 0. The number of hydrogen-bond acceptors (Lipinski definition) is 5. The van der Waals surface area contributed by atoms with Crippen LogP contribution in [0.3, 0.4) is 0 Å². The van der Waals surface area contributed by atoms with E-state index in [9.17, 15) is 9.59 Å². The van der Waals surface area contributed by atoms with E-state index in [-0.39, 0.29) is 17.9 Å². The average molecular weight is 304 g/mol. The number of aromatic nitrogens is 1. The van der Waals surface area contributed by atoms with Gasteiger partial charge < -0.3 is 16.4 Å². The van der Waals surface area contributed by atoms with Gasteiger partial charge in [0.05, 0.1) is 6.04 Å². The molecule has 1 atom stereocenters. The van der Waals surface area contributed by atoms with Gasteiger partial charge >= 0.3 is 0 Å². The van der Waals surface area contributed by atoms with Crippen LogP contribution in [0.2, 0.25) is 0 Å². The lowest BCUT2D eigenvalue weighted by Gasteiger charge is -2.05. The summed E-state index contributed by atoms with van der Waals surface area (Å²) < 4.78 is 0. The molecule has 4 N–H and O–H groups in total. The molecular formula is C14H16N4O2S. The van der Waals surface area contributed by atoms with Gasteiger partial charge in [-0.15, -0.1) is 11.3 Å². The molecule has 21 heavy (non-hydrogen) atoms. The molecule has 0 bridgehead atoms. The van der Waals surface area contributed by atoms with Crippen LogP contribution in [-0.4, -0.2) is 23.8 Å². The number of rotatable bonds is 4. The monoisotopic (exact) mass is 304 g/mol. The van der Waals surface area contributed by atoms with E-state index >= 15 is 0 Å². The third-order valence-corrected chi connectivity index (χ3v) is 3.82. The summed E-state index contributed by atoms with van der Waals surface area (Å²) in [5, 5.41) is 7.65. The first-order chi connectivity index (χ1) is 10.0. The fourth-order valence-corrected chi connectivity index (χ4v) is 2.40. The van der Waals surface area contributed by atoms with Crippen molar-refractivity contribution in [3.8, 4) is 0 Å². The molecule has 1 heterocycles. The third-order valence-electron chi connectivity index (χ3n) is 2.78. The van der Waals surface area contributed by atoms with Crippen LogP contribution in [0.15, 0.2) is 29.6 Å². The zero-order valence-electron chi connectivity index (χ0n) is 11.7. The Bertz CT molecular complexity index is 649. The molecule has 7 heteroatoms. The molecule has 6 nitrogen and oxygen atoms in total. The lowest BCUT2D eigenvalue weighted by atomic mass is 10.2. The quantitative estimate of drug-likeness (QED) is 0.802. The van der Waals surface area contributed by atoms with Crippen molar-refractivity contribution in [3.63, 3.8) is 0 Å². The van der Waals surface area contributed by atoms with Crippen molar-refractivity contribution in [1.29, 1.82) is 0 Å². The molecule has 0 saturated heterocycles. The van der Waals surface area contributed by atoms with Gasteiger partial charge in [0.15, 0.2) is 0 Å². The minimum atomic E-state index is -0.300. The summed E-state index contributed by atoms with van der Waals surface area (Å²) >= 11 is 1.36. The number of thiazole rings is 1. The second-order valence-electron chi connectivity index (χ2n) is 4.47. The van der Waals surface area contributed by atoms with Gasteiger partial charge in [0.2, 0.25) is 0 Å². The highest BCUT2D eigenvalue weighted by molar-refractivity contribution is 7.09. The summed E-state index contributed by atoms with van der Waals surface area (Å²) in [5.74, 6) is -0.472. The van der Waals surface area contributed by atoms with Crippen LogP contribution in [-0.2, 0) is 0 Å². The van der Waals surface area contributed by atoms with Crippen LogP contribution in [0.1, 0.15) is 38.8 Å². The van der Waals surface area contributed by atoms with E-state index in [4.69, 9.17) is 5.73 Å². The molecule has 0 fully saturated rings. The number of hydrogen-bond donors (Lipinski definition) is 3. The van der Waals surface area contributed by atoms with Gasteiger partial charge in [0.1, 0.15) is 10.7 Å². The van der Waals surface area contributed by atoms with Crippen molar-refractivity contribution in [2.45, 2.75) is 13.0 Å². The Morgan fingerprint density at radius 2 is 1.90 bits per heavy atom. The Balaban J connectivity index is 2.06. The molecule has 1 aromatic carbocycles. The Labute approximate surface area is 126 Å². The van der Waals surface area contributed by atoms with Crippen LogP contribution in [0.5, 0.6) is 0 Å². The molecule has 1 aromatic heterocycles. The van der Waals surface area contributed by atoms with Gasteiger partial charge in [-0.05, 0) is 31.2 Å². The van der Waals surface area contributed by atoms with Gasteiger partial charge in [-0.3, -0.25) is 9.59 Å². The fourth-order valence-electron chi connectivity index (χ4n) is 1.65. The van der Waals surface area contributed by atoms with Crippen LogP contribution >= 0.6 is 11.3 Å². The molecule has 0 aliphatic heterocycles. The van der Waals surface area contributed by atoms with E-state index in [1.54, 1.807) is 36.7 Å². The lowest BCUT2D eigenvalue weighted by molar-refractivity contribution is 0.0962. The first-order valence-electron chi connectivity index (χ1n) is 6.35. The predicted molar refractivity (Wildman–Crippen MR) is 82.5 cm³/mol. The van der Waals surface area contributed by atoms with E-state index < -0.39 is 0 Å². The maximum atomic E-state index is 12.0. The normalized spacial score (nSPS) is 11.8. The highest BCUT2D eigenvalue weighted by Gasteiger charge is 2.13. The summed E-state index contributed by atoms with van der Waals surface area (Å²) in [7, 11) is 1.57. The van der Waals surface area contributed by atoms with Gasteiger partial charge in [-0.1, -0.05) is 0 Å². The standard InChI is InChI=1S/C14H16N4O2S/c1-8(15)14-18-11(7-21-14)13(20)17-10-5-3-9(4-6-10)12(19)16-2/h3-8H,15H2,1-2H3,(H,16,19)(H,17,20). The zero-order chi connectivity index (χ0) is 15.4. The van der Waals surface area contributed by atoms with E-state index in [0.29, 0.717) is 16.9 Å². The van der Waals surface area contributed by atoms with Crippen molar-refractivity contribution in [3.05, 3.63) is 45.9 Å². The van der Waals surface area contributed by atoms with Crippen LogP contribution in [0.25, 0.3) is 0 Å². The van der Waals surface area contributed by atoms with Crippen molar-refractivity contribution >= 4 is 28.8 Å². The molecule has 0 aliphatic rings. The molecule has 110 valence electrons.